The fourth-order valence-corrected chi connectivity index (χ4v) is 9.22. The van der Waals surface area contributed by atoms with E-state index in [0.717, 1.165) is 27.4 Å². The predicted molar refractivity (Wildman–Crippen MR) is 273 cm³/mol. The predicted octanol–water partition coefficient (Wildman–Crippen LogP) is 15.2. The maximum atomic E-state index is 9.76. The Kier molecular flexibility index (Phi) is 7.47. The Bertz CT molecular complexity index is 4510. The summed E-state index contributed by atoms with van der Waals surface area (Å²) in [6, 6.07) is 29.3. The van der Waals surface area contributed by atoms with Gasteiger partial charge in [0.05, 0.1) is 34.5 Å². The molecule has 3 aromatic heterocycles. The molecule has 1 aliphatic rings. The van der Waals surface area contributed by atoms with Crippen molar-refractivity contribution in [2.75, 3.05) is 0 Å². The van der Waals surface area contributed by atoms with Crippen LogP contribution in [0.4, 0.5) is 0 Å². The Morgan fingerprint density at radius 3 is 1.99 bits per heavy atom. The van der Waals surface area contributed by atoms with Gasteiger partial charge in [0.25, 0.3) is 6.33 Å². The quantitative estimate of drug-likeness (QED) is 0.127. The SMILES string of the molecule is [2H]c1c([2H])c([2H])c(-c2cc3c4c(c2)n(-c2[c-]c(Oc5[c-]c6c(cc5)c5ccccc5n6-c5cc(C(C)(C)C)ccn5)ccc2)[c-][n+]4-c2c(cccc2C(C)(C)C)-c2c([2H])c([2H])c([2H])c([2H])c2-c2c([2H])c([2H])c([2H])c([2H])c2-3)c([2H])c1[2H].[Pt]. The fraction of sp³-hybridized carbons (Fsp3) is 0.129. The summed E-state index contributed by atoms with van der Waals surface area (Å²) in [5.41, 5.74) is 3.70. The topological polar surface area (TPSA) is 35.9 Å². The Hall–Kier alpha value is -7.33. The number of ether oxygens (including phenoxy) is 1. The Labute approximate surface area is 430 Å². The van der Waals surface area contributed by atoms with E-state index in [-0.39, 0.29) is 82.2 Å². The van der Waals surface area contributed by atoms with E-state index in [1.165, 1.54) is 6.07 Å². The average molecular weight is 1070 g/mol. The fourth-order valence-electron chi connectivity index (χ4n) is 9.22. The summed E-state index contributed by atoms with van der Waals surface area (Å²) < 4.78 is 131. The Morgan fingerprint density at radius 2 is 1.25 bits per heavy atom. The molecule has 12 rings (SSSR count). The van der Waals surface area contributed by atoms with Gasteiger partial charge in [0.2, 0.25) is 0 Å². The molecule has 68 heavy (non-hydrogen) atoms. The molecule has 0 saturated carbocycles. The van der Waals surface area contributed by atoms with Gasteiger partial charge in [-0.25, -0.2) is 4.98 Å². The standard InChI is InChI=1S/C62H48N4O.Pt/c1-61(2,3)42-32-33-63-58(36-42)66-55-29-15-14-26-50(55)51-31-30-45(38-56(51)66)67-44-21-16-20-43(37-44)64-39-65-59-52(27-17-28-54(59)62(4,5)6)48-24-12-10-22-46(48)47-23-11-13-25-49(47)53-34-41(35-57(64)60(53)65)40-18-8-7-9-19-40;/h7-36H,1-6H3;/q-2;/i7D,8D,9D,10D,11D,12D,13D,18D,19D,22D,23D,24D,25D;. The summed E-state index contributed by atoms with van der Waals surface area (Å²) >= 11 is 0. The van der Waals surface area contributed by atoms with E-state index in [1.54, 1.807) is 45.5 Å². The van der Waals surface area contributed by atoms with Gasteiger partial charge in [-0.3, -0.25) is 4.57 Å². The molecule has 0 spiro atoms. The van der Waals surface area contributed by atoms with E-state index < -0.39 is 84.0 Å². The third-order valence-electron chi connectivity index (χ3n) is 12.4. The summed E-state index contributed by atoms with van der Waals surface area (Å²) in [6.07, 6.45) is 5.36. The number of imidazole rings is 1. The van der Waals surface area contributed by atoms with Crippen LogP contribution in [0.1, 0.15) is 70.5 Å². The Balaban J connectivity index is 0.00000690. The van der Waals surface area contributed by atoms with Gasteiger partial charge in [0, 0.05) is 44.3 Å². The van der Waals surface area contributed by atoms with Gasteiger partial charge in [-0.05, 0) is 102 Å². The zero-order valence-corrected chi connectivity index (χ0v) is 40.1. The number of hydrogen-bond acceptors (Lipinski definition) is 2. The van der Waals surface area contributed by atoms with Crippen molar-refractivity contribution in [2.45, 2.75) is 52.4 Å². The second kappa shape index (κ2) is 16.5. The third kappa shape index (κ3) is 7.20. The van der Waals surface area contributed by atoms with E-state index in [1.807, 2.05) is 69.4 Å². The van der Waals surface area contributed by atoms with E-state index in [2.05, 4.69) is 55.9 Å². The molecule has 1 aliphatic heterocycles. The van der Waals surface area contributed by atoms with E-state index >= 15 is 0 Å². The summed E-state index contributed by atoms with van der Waals surface area (Å²) in [6.45, 7) is 12.4. The second-order valence-corrected chi connectivity index (χ2v) is 18.7. The molecule has 0 aliphatic carbocycles. The van der Waals surface area contributed by atoms with Crippen molar-refractivity contribution in [3.8, 4) is 73.2 Å². The molecule has 0 saturated heterocycles. The first-order valence-electron chi connectivity index (χ1n) is 28.5. The van der Waals surface area contributed by atoms with Crippen molar-refractivity contribution in [1.82, 2.24) is 14.1 Å². The molecule has 0 amide bonds. The van der Waals surface area contributed by atoms with Crippen LogP contribution in [0, 0.1) is 18.5 Å². The minimum Gasteiger partial charge on any atom is -0.510 e. The molecule has 0 atom stereocenters. The van der Waals surface area contributed by atoms with Crippen LogP contribution in [0.2, 0.25) is 0 Å². The molecule has 334 valence electrons. The number of benzene rings is 8. The number of aromatic nitrogens is 4. The van der Waals surface area contributed by atoms with Gasteiger partial charge in [0.1, 0.15) is 5.82 Å². The van der Waals surface area contributed by atoms with Crippen LogP contribution in [0.3, 0.4) is 0 Å². The summed E-state index contributed by atoms with van der Waals surface area (Å²) in [7, 11) is 0. The Morgan fingerprint density at radius 1 is 0.574 bits per heavy atom. The third-order valence-corrected chi connectivity index (χ3v) is 12.4. The van der Waals surface area contributed by atoms with Crippen LogP contribution >= 0.6 is 0 Å². The number of hydrogen-bond donors (Lipinski definition) is 0. The molecular formula is C62H48N4OPt-2. The molecule has 8 aromatic carbocycles. The molecule has 0 bridgehead atoms. The van der Waals surface area contributed by atoms with Crippen LogP contribution in [-0.2, 0) is 31.9 Å². The van der Waals surface area contributed by atoms with E-state index in [4.69, 9.17) is 19.3 Å². The average Bonchev–Trinajstić information content (AvgIpc) is 2.25. The molecular weight excluding hydrogens is 1010 g/mol. The molecule has 6 heteroatoms. The minimum atomic E-state index is -0.668. The number of fused-ring (bicyclic) bond motifs is 10. The first-order valence-corrected chi connectivity index (χ1v) is 22.0. The molecule has 0 N–H and O–H groups in total. The van der Waals surface area contributed by atoms with Gasteiger partial charge in [-0.15, -0.1) is 29.7 Å². The smallest absolute Gasteiger partial charge is 0.268 e. The van der Waals surface area contributed by atoms with Crippen molar-refractivity contribution in [2.24, 2.45) is 0 Å². The number of nitrogens with zero attached hydrogens (tertiary/aromatic N) is 4. The monoisotopic (exact) mass is 1070 g/mol. The van der Waals surface area contributed by atoms with Crippen molar-refractivity contribution < 1.29 is 48.2 Å². The van der Waals surface area contributed by atoms with Crippen LogP contribution in [0.5, 0.6) is 11.5 Å². The minimum absolute atomic E-state index is 0. The summed E-state index contributed by atoms with van der Waals surface area (Å²) in [5, 5.41) is 1.94. The molecule has 4 heterocycles. The summed E-state index contributed by atoms with van der Waals surface area (Å²) in [5.74, 6) is 1.34. The van der Waals surface area contributed by atoms with Gasteiger partial charge in [-0.2, -0.15) is 18.2 Å². The van der Waals surface area contributed by atoms with Crippen molar-refractivity contribution >= 4 is 32.8 Å². The number of pyridine rings is 1. The number of rotatable bonds is 5. The first-order chi connectivity index (χ1) is 37.9. The molecule has 0 unspecified atom stereocenters. The maximum Gasteiger partial charge on any atom is 0.268 e. The second-order valence-electron chi connectivity index (χ2n) is 18.7. The molecule has 0 radical (unpaired) electrons. The summed E-state index contributed by atoms with van der Waals surface area (Å²) in [4.78, 5) is 4.82. The molecule has 5 nitrogen and oxygen atoms in total. The van der Waals surface area contributed by atoms with Gasteiger partial charge in [0.15, 0.2) is 0 Å². The van der Waals surface area contributed by atoms with Gasteiger partial charge >= 0.3 is 0 Å². The van der Waals surface area contributed by atoms with Crippen LogP contribution < -0.4 is 9.30 Å². The maximum absolute atomic E-state index is 9.76. The van der Waals surface area contributed by atoms with E-state index in [9.17, 15) is 8.22 Å². The normalized spacial score (nSPS) is 14.8. The molecule has 0 fully saturated rings. The number of para-hydroxylation sites is 2. The zero-order chi connectivity index (χ0) is 56.9. The van der Waals surface area contributed by atoms with Crippen molar-refractivity contribution in [3.63, 3.8) is 0 Å². The van der Waals surface area contributed by atoms with Gasteiger partial charge in [-0.1, -0.05) is 168 Å². The zero-order valence-electron chi connectivity index (χ0n) is 50.8. The molecule has 11 aromatic rings. The van der Waals surface area contributed by atoms with Gasteiger partial charge < -0.3 is 13.9 Å². The van der Waals surface area contributed by atoms with Crippen LogP contribution in [0.15, 0.2) is 182 Å². The van der Waals surface area contributed by atoms with Crippen molar-refractivity contribution in [1.29, 1.82) is 0 Å². The van der Waals surface area contributed by atoms with Crippen LogP contribution in [0.25, 0.3) is 94.5 Å². The van der Waals surface area contributed by atoms with Crippen molar-refractivity contribution in [3.05, 3.63) is 211 Å². The van der Waals surface area contributed by atoms with E-state index in [0.29, 0.717) is 34.1 Å². The van der Waals surface area contributed by atoms with Crippen LogP contribution in [-0.4, -0.2) is 14.1 Å². The largest absolute Gasteiger partial charge is 0.510 e. The first kappa shape index (κ1) is 30.9.